The summed E-state index contributed by atoms with van der Waals surface area (Å²) in [6.07, 6.45) is 0. The van der Waals surface area contributed by atoms with Crippen LogP contribution in [0, 0.1) is 13.8 Å². The van der Waals surface area contributed by atoms with Crippen molar-refractivity contribution in [3.8, 4) is 5.75 Å². The lowest BCUT2D eigenvalue weighted by Gasteiger charge is -2.15. The van der Waals surface area contributed by atoms with Crippen LogP contribution in [0.5, 0.6) is 5.75 Å². The number of carboxylic acids is 1. The molecule has 1 rings (SSSR count). The molecule has 0 aliphatic heterocycles. The van der Waals surface area contributed by atoms with Crippen molar-refractivity contribution in [3.05, 3.63) is 29.3 Å². The molecule has 1 aromatic rings. The van der Waals surface area contributed by atoms with Crippen molar-refractivity contribution in [2.75, 3.05) is 6.61 Å². The maximum atomic E-state index is 11.4. The monoisotopic (exact) mass is 250 g/mol. The highest BCUT2D eigenvalue weighted by Gasteiger charge is 2.08. The van der Waals surface area contributed by atoms with Gasteiger partial charge in [0.1, 0.15) is 5.75 Å². The van der Waals surface area contributed by atoms with E-state index in [0.717, 1.165) is 11.1 Å². The topological polar surface area (TPSA) is 78.5 Å². The Balaban J connectivity index is 2.47. The van der Waals surface area contributed by atoms with Gasteiger partial charge in [-0.2, -0.15) is 0 Å². The molecule has 1 aromatic carbocycles. The number of benzene rings is 1. The fourth-order valence-electron chi connectivity index (χ4n) is 1.29. The number of amides is 1. The molecule has 0 saturated carbocycles. The Kier molecular flexibility index (Phi) is 4.71. The molecule has 5 heteroatoms. The molecule has 5 nitrogen and oxygen atoms in total. The van der Waals surface area contributed by atoms with Crippen LogP contribution in [0.15, 0.2) is 18.2 Å². The lowest BCUT2D eigenvalue weighted by atomic mass is 10.1. The number of hydrogen-bond acceptors (Lipinski definition) is 4. The van der Waals surface area contributed by atoms with Gasteiger partial charge in [-0.3, -0.25) is 4.79 Å². The summed E-state index contributed by atoms with van der Waals surface area (Å²) in [6, 6.07) is 4.45. The molecule has 0 radical (unpaired) electrons. The van der Waals surface area contributed by atoms with Crippen LogP contribution in [-0.4, -0.2) is 24.5 Å². The number of aryl methyl sites for hydroxylation is 2. The van der Waals surface area contributed by atoms with Gasteiger partial charge in [-0.25, -0.2) is 0 Å². The number of rotatable bonds is 5. The number of carbonyl (C=O) groups is 2. The molecule has 1 N–H and O–H groups in total. The Morgan fingerprint density at radius 3 is 2.56 bits per heavy atom. The van der Waals surface area contributed by atoms with E-state index in [2.05, 4.69) is 5.32 Å². The van der Waals surface area contributed by atoms with Gasteiger partial charge >= 0.3 is 0 Å². The van der Waals surface area contributed by atoms with Crippen molar-refractivity contribution in [3.63, 3.8) is 0 Å². The van der Waals surface area contributed by atoms with Gasteiger partial charge in [0.25, 0.3) is 5.91 Å². The summed E-state index contributed by atoms with van der Waals surface area (Å²) in [7, 11) is 0. The summed E-state index contributed by atoms with van der Waals surface area (Å²) in [5.41, 5.74) is 2.20. The summed E-state index contributed by atoms with van der Waals surface area (Å²) >= 11 is 0. The maximum absolute atomic E-state index is 11.4. The molecule has 0 unspecified atom stereocenters. The molecule has 0 aliphatic rings. The molecular formula is C13H16NO4-. The van der Waals surface area contributed by atoms with E-state index < -0.39 is 17.9 Å². The lowest BCUT2D eigenvalue weighted by molar-refractivity contribution is -0.307. The van der Waals surface area contributed by atoms with Gasteiger partial charge in [-0.05, 0) is 44.0 Å². The minimum atomic E-state index is -1.32. The first-order valence-corrected chi connectivity index (χ1v) is 5.60. The molecule has 0 aliphatic carbocycles. The van der Waals surface area contributed by atoms with Crippen LogP contribution in [-0.2, 0) is 9.59 Å². The normalized spacial score (nSPS) is 11.7. The first kappa shape index (κ1) is 14.0. The van der Waals surface area contributed by atoms with Crippen molar-refractivity contribution < 1.29 is 19.4 Å². The molecule has 1 amide bonds. The second-order valence-corrected chi connectivity index (χ2v) is 4.14. The summed E-state index contributed by atoms with van der Waals surface area (Å²) in [6.45, 7) is 5.04. The zero-order valence-corrected chi connectivity index (χ0v) is 10.6. The van der Waals surface area contributed by atoms with Crippen LogP contribution in [0.3, 0.4) is 0 Å². The van der Waals surface area contributed by atoms with Crippen LogP contribution in [0.1, 0.15) is 18.1 Å². The quantitative estimate of drug-likeness (QED) is 0.794. The lowest BCUT2D eigenvalue weighted by Crippen LogP contribution is -2.47. The standard InChI is InChI=1S/C13H17NO4/c1-8-4-5-11(6-9(8)2)18-7-12(15)14-10(3)13(16)17/h4-6,10H,7H2,1-3H3,(H,14,15)(H,16,17)/p-1/t10-/m1/s1. The van der Waals surface area contributed by atoms with Crippen LogP contribution >= 0.6 is 0 Å². The van der Waals surface area contributed by atoms with E-state index in [1.807, 2.05) is 26.0 Å². The molecule has 0 heterocycles. The first-order valence-electron chi connectivity index (χ1n) is 5.60. The molecule has 98 valence electrons. The van der Waals surface area contributed by atoms with E-state index in [1.54, 1.807) is 6.07 Å². The summed E-state index contributed by atoms with van der Waals surface area (Å²) in [5.74, 6) is -1.24. The number of aliphatic carboxylic acids is 1. The fraction of sp³-hybridized carbons (Fsp3) is 0.385. The molecule has 0 aromatic heterocycles. The molecule has 0 fully saturated rings. The van der Waals surface area contributed by atoms with Gasteiger partial charge in [-0.15, -0.1) is 0 Å². The highest BCUT2D eigenvalue weighted by Crippen LogP contribution is 2.16. The minimum Gasteiger partial charge on any atom is -0.548 e. The maximum Gasteiger partial charge on any atom is 0.258 e. The van der Waals surface area contributed by atoms with E-state index in [-0.39, 0.29) is 6.61 Å². The van der Waals surface area contributed by atoms with Gasteiger partial charge in [-0.1, -0.05) is 6.07 Å². The van der Waals surface area contributed by atoms with E-state index in [1.165, 1.54) is 6.92 Å². The average molecular weight is 250 g/mol. The van der Waals surface area contributed by atoms with E-state index in [0.29, 0.717) is 5.75 Å². The Bertz CT molecular complexity index is 456. The Morgan fingerprint density at radius 2 is 2.00 bits per heavy atom. The zero-order valence-electron chi connectivity index (χ0n) is 10.6. The summed E-state index contributed by atoms with van der Waals surface area (Å²) in [4.78, 5) is 21.8. The Morgan fingerprint density at radius 1 is 1.33 bits per heavy atom. The third-order valence-electron chi connectivity index (χ3n) is 2.58. The van der Waals surface area contributed by atoms with Gasteiger partial charge in [0.2, 0.25) is 0 Å². The van der Waals surface area contributed by atoms with E-state index in [4.69, 9.17) is 4.74 Å². The molecule has 0 bridgehead atoms. The second kappa shape index (κ2) is 6.05. The highest BCUT2D eigenvalue weighted by molar-refractivity contribution is 5.83. The highest BCUT2D eigenvalue weighted by atomic mass is 16.5. The molecule has 0 saturated heterocycles. The Labute approximate surface area is 106 Å². The third kappa shape index (κ3) is 4.08. The number of carboxylic acid groups (broad SMARTS) is 1. The predicted molar refractivity (Wildman–Crippen MR) is 64.0 cm³/mol. The summed E-state index contributed by atoms with van der Waals surface area (Å²) in [5, 5.41) is 12.7. The number of ether oxygens (including phenoxy) is 1. The second-order valence-electron chi connectivity index (χ2n) is 4.14. The minimum absolute atomic E-state index is 0.222. The van der Waals surface area contributed by atoms with E-state index in [9.17, 15) is 14.7 Å². The van der Waals surface area contributed by atoms with Crippen LogP contribution < -0.4 is 15.2 Å². The van der Waals surface area contributed by atoms with Gasteiger partial charge in [0, 0.05) is 0 Å². The fourth-order valence-corrected chi connectivity index (χ4v) is 1.29. The van der Waals surface area contributed by atoms with Crippen molar-refractivity contribution >= 4 is 11.9 Å². The molecular weight excluding hydrogens is 234 g/mol. The van der Waals surface area contributed by atoms with Crippen molar-refractivity contribution in [1.29, 1.82) is 0 Å². The van der Waals surface area contributed by atoms with Gasteiger partial charge in [0.15, 0.2) is 6.61 Å². The van der Waals surface area contributed by atoms with Crippen molar-refractivity contribution in [1.82, 2.24) is 5.32 Å². The third-order valence-corrected chi connectivity index (χ3v) is 2.58. The predicted octanol–water partition coefficient (Wildman–Crippen LogP) is -0.0632. The SMILES string of the molecule is Cc1ccc(OCC(=O)N[C@H](C)C(=O)[O-])cc1C. The number of carbonyl (C=O) groups excluding carboxylic acids is 2. The first-order chi connectivity index (χ1) is 8.40. The molecule has 1 atom stereocenters. The van der Waals surface area contributed by atoms with Gasteiger partial charge in [0.05, 0.1) is 12.0 Å². The number of hydrogen-bond donors (Lipinski definition) is 1. The summed E-state index contributed by atoms with van der Waals surface area (Å²) < 4.78 is 5.26. The smallest absolute Gasteiger partial charge is 0.258 e. The van der Waals surface area contributed by atoms with E-state index >= 15 is 0 Å². The molecule has 18 heavy (non-hydrogen) atoms. The Hall–Kier alpha value is -2.04. The largest absolute Gasteiger partial charge is 0.548 e. The van der Waals surface area contributed by atoms with Gasteiger partial charge < -0.3 is 20.0 Å². The van der Waals surface area contributed by atoms with Crippen LogP contribution in [0.25, 0.3) is 0 Å². The van der Waals surface area contributed by atoms with Crippen molar-refractivity contribution in [2.45, 2.75) is 26.8 Å². The van der Waals surface area contributed by atoms with Crippen LogP contribution in [0.4, 0.5) is 0 Å². The number of nitrogens with one attached hydrogen (secondary N) is 1. The average Bonchev–Trinajstić information content (AvgIpc) is 2.30. The zero-order chi connectivity index (χ0) is 13.7. The van der Waals surface area contributed by atoms with Crippen LogP contribution in [0.2, 0.25) is 0 Å². The van der Waals surface area contributed by atoms with Crippen molar-refractivity contribution in [2.24, 2.45) is 0 Å². The molecule has 0 spiro atoms.